The molecule has 4 aromatic rings. The fraction of sp³-hybridized carbons (Fsp3) is 0.303. The van der Waals surface area contributed by atoms with Gasteiger partial charge in [-0.25, -0.2) is 4.39 Å². The molecule has 1 N–H and O–H groups in total. The van der Waals surface area contributed by atoms with Crippen LogP contribution >= 0.6 is 23.1 Å². The van der Waals surface area contributed by atoms with Gasteiger partial charge in [-0.3, -0.25) is 19.3 Å². The Bertz CT molecular complexity index is 1770. The molecule has 9 heteroatoms. The number of fused-ring (bicyclic) bond motifs is 9. The molecule has 2 bridgehead atoms. The van der Waals surface area contributed by atoms with Crippen LogP contribution in [0.3, 0.4) is 0 Å². The van der Waals surface area contributed by atoms with Crippen molar-refractivity contribution in [1.29, 1.82) is 0 Å². The number of hydrogen-bond acceptors (Lipinski definition) is 6. The van der Waals surface area contributed by atoms with Gasteiger partial charge in [0.2, 0.25) is 11.8 Å². The van der Waals surface area contributed by atoms with Crippen molar-refractivity contribution in [2.24, 2.45) is 29.6 Å². The van der Waals surface area contributed by atoms with Crippen LogP contribution in [-0.2, 0) is 16.2 Å². The molecule has 3 aromatic carbocycles. The molecule has 1 aromatic heterocycles. The average Bonchev–Trinajstić information content (AvgIpc) is 3.72. The number of ether oxygens (including phenoxy) is 1. The minimum Gasteiger partial charge on any atom is -0.489 e. The molecule has 6 unspecified atom stereocenters. The molecule has 7 atom stereocenters. The standard InChI is InChI=1S/C33H27FN2O4S2/c1-16-2-4-17(5-3-16)15-40-21-12-6-18(7-13-21)24-25-22-14-23(28(25)41-30-29(24)42-33(39)35-30)27-26(22)31(37)36(32(27)38)20-10-8-19(34)9-11-20/h2-13,22-28H,14-15H2,1H3,(H,35,39)/t22?,23?,24-,25?,26?,27?,28?/m1/s1. The predicted molar refractivity (Wildman–Crippen MR) is 159 cm³/mol. The topological polar surface area (TPSA) is 79.5 Å². The van der Waals surface area contributed by atoms with E-state index < -0.39 is 11.7 Å². The van der Waals surface area contributed by atoms with E-state index in [1.165, 1.54) is 46.1 Å². The number of imide groups is 1. The molecule has 3 fully saturated rings. The summed E-state index contributed by atoms with van der Waals surface area (Å²) in [4.78, 5) is 45.3. The SMILES string of the molecule is Cc1ccc(COc2ccc([C@H]3c4sc(=O)[nH]c4SC4C5CC(C6C(=O)N(c7ccc(F)cc7)C(=O)C56)C43)cc2)cc1. The summed E-state index contributed by atoms with van der Waals surface area (Å²) >= 11 is 2.92. The molecule has 212 valence electrons. The quantitative estimate of drug-likeness (QED) is 0.279. The van der Waals surface area contributed by atoms with Gasteiger partial charge in [0, 0.05) is 16.0 Å². The molecule has 2 saturated carbocycles. The van der Waals surface area contributed by atoms with Gasteiger partial charge in [-0.1, -0.05) is 53.3 Å². The highest BCUT2D eigenvalue weighted by Crippen LogP contribution is 2.68. The Labute approximate surface area is 249 Å². The fourth-order valence-corrected chi connectivity index (χ4v) is 10.7. The number of aryl methyl sites for hydroxylation is 1. The number of carbonyl (C=O) groups excluding carboxylic acids is 2. The normalized spacial score (nSPS) is 29.0. The van der Waals surface area contributed by atoms with Crippen LogP contribution in [0.5, 0.6) is 5.75 Å². The van der Waals surface area contributed by atoms with E-state index in [1.54, 1.807) is 11.8 Å². The number of aromatic amines is 1. The first-order chi connectivity index (χ1) is 20.4. The fourth-order valence-electron chi connectivity index (χ4n) is 7.86. The number of amides is 2. The first-order valence-corrected chi connectivity index (χ1v) is 15.9. The predicted octanol–water partition coefficient (Wildman–Crippen LogP) is 6.14. The summed E-state index contributed by atoms with van der Waals surface area (Å²) in [5, 5.41) is 0.994. The lowest BCUT2D eigenvalue weighted by Gasteiger charge is -2.43. The summed E-state index contributed by atoms with van der Waals surface area (Å²) in [6.45, 7) is 2.53. The van der Waals surface area contributed by atoms with Crippen molar-refractivity contribution in [3.05, 3.63) is 110 Å². The van der Waals surface area contributed by atoms with Crippen molar-refractivity contribution < 1.29 is 18.7 Å². The third kappa shape index (κ3) is 3.93. The van der Waals surface area contributed by atoms with Crippen LogP contribution in [0.2, 0.25) is 0 Å². The molecule has 8 rings (SSSR count). The summed E-state index contributed by atoms with van der Waals surface area (Å²) in [7, 11) is 0. The van der Waals surface area contributed by atoms with E-state index in [1.807, 2.05) is 12.1 Å². The number of nitrogens with one attached hydrogen (secondary N) is 1. The molecule has 0 spiro atoms. The lowest BCUT2D eigenvalue weighted by atomic mass is 9.68. The highest BCUT2D eigenvalue weighted by atomic mass is 32.2. The van der Waals surface area contributed by atoms with E-state index in [4.69, 9.17) is 4.74 Å². The second-order valence-corrected chi connectivity index (χ2v) is 14.0. The number of anilines is 1. The Hall–Kier alpha value is -3.69. The van der Waals surface area contributed by atoms with E-state index in [0.29, 0.717) is 12.3 Å². The minimum absolute atomic E-state index is 0.0206. The van der Waals surface area contributed by atoms with Gasteiger partial charge < -0.3 is 9.72 Å². The molecule has 42 heavy (non-hydrogen) atoms. The molecule has 2 amide bonds. The lowest BCUT2D eigenvalue weighted by molar-refractivity contribution is -0.123. The number of aromatic nitrogens is 1. The van der Waals surface area contributed by atoms with E-state index in [0.717, 1.165) is 33.2 Å². The van der Waals surface area contributed by atoms with Gasteiger partial charge in [-0.15, -0.1) is 11.8 Å². The summed E-state index contributed by atoms with van der Waals surface area (Å²) in [5.74, 6) is -0.667. The molecule has 1 saturated heterocycles. The van der Waals surface area contributed by atoms with Gasteiger partial charge in [-0.2, -0.15) is 0 Å². The lowest BCUT2D eigenvalue weighted by Crippen LogP contribution is -2.42. The zero-order chi connectivity index (χ0) is 28.7. The van der Waals surface area contributed by atoms with Gasteiger partial charge >= 0.3 is 4.87 Å². The smallest absolute Gasteiger partial charge is 0.305 e. The Morgan fingerprint density at radius 2 is 1.60 bits per heavy atom. The number of carbonyl (C=O) groups is 2. The molecule has 4 aliphatic rings. The number of H-pyrrole nitrogens is 1. The van der Waals surface area contributed by atoms with Crippen molar-refractivity contribution in [2.45, 2.75) is 36.1 Å². The van der Waals surface area contributed by atoms with E-state index in [9.17, 15) is 18.8 Å². The van der Waals surface area contributed by atoms with E-state index >= 15 is 0 Å². The van der Waals surface area contributed by atoms with Gasteiger partial charge in [0.05, 0.1) is 22.5 Å². The van der Waals surface area contributed by atoms with Crippen molar-refractivity contribution in [3.8, 4) is 5.75 Å². The average molecular weight is 599 g/mol. The monoisotopic (exact) mass is 598 g/mol. The molecule has 0 radical (unpaired) electrons. The van der Waals surface area contributed by atoms with Crippen LogP contribution < -0.4 is 14.5 Å². The summed E-state index contributed by atoms with van der Waals surface area (Å²) in [5.41, 5.74) is 3.82. The van der Waals surface area contributed by atoms with Gasteiger partial charge in [0.25, 0.3) is 0 Å². The summed E-state index contributed by atoms with van der Waals surface area (Å²) in [6, 6.07) is 21.9. The second kappa shape index (κ2) is 9.67. The Balaban J connectivity index is 1.11. The maximum atomic E-state index is 13.8. The summed E-state index contributed by atoms with van der Waals surface area (Å²) < 4.78 is 19.7. The van der Waals surface area contributed by atoms with Crippen molar-refractivity contribution >= 4 is 40.6 Å². The van der Waals surface area contributed by atoms with E-state index in [2.05, 4.69) is 48.3 Å². The number of hydrogen-bond donors (Lipinski definition) is 1. The van der Waals surface area contributed by atoms with Gasteiger partial charge in [0.15, 0.2) is 0 Å². The number of rotatable bonds is 5. The van der Waals surface area contributed by atoms with Crippen molar-refractivity contribution in [2.75, 3.05) is 4.90 Å². The molecular formula is C33H27FN2O4S2. The number of thiazole rings is 1. The maximum Gasteiger partial charge on any atom is 0.305 e. The second-order valence-electron chi connectivity index (χ2n) is 11.8. The van der Waals surface area contributed by atoms with Crippen LogP contribution in [0.1, 0.15) is 33.9 Å². The first-order valence-electron chi connectivity index (χ1n) is 14.2. The third-order valence-corrected chi connectivity index (χ3v) is 12.2. The first kappa shape index (κ1) is 26.0. The Morgan fingerprint density at radius 1 is 0.905 bits per heavy atom. The maximum absolute atomic E-state index is 13.8. The van der Waals surface area contributed by atoms with Crippen LogP contribution in [-0.4, -0.2) is 22.0 Å². The number of benzene rings is 3. The molecule has 2 aliphatic carbocycles. The zero-order valence-corrected chi connectivity index (χ0v) is 24.3. The third-order valence-electron chi connectivity index (χ3n) is 9.57. The molecular weight excluding hydrogens is 572 g/mol. The van der Waals surface area contributed by atoms with Gasteiger partial charge in [-0.05, 0) is 78.6 Å². The molecule has 3 heterocycles. The van der Waals surface area contributed by atoms with Crippen LogP contribution in [0, 0.1) is 42.3 Å². The van der Waals surface area contributed by atoms with Crippen LogP contribution in [0.4, 0.5) is 10.1 Å². The van der Waals surface area contributed by atoms with Crippen LogP contribution in [0.15, 0.2) is 82.6 Å². The highest BCUT2D eigenvalue weighted by Gasteiger charge is 2.69. The minimum atomic E-state index is -0.407. The summed E-state index contributed by atoms with van der Waals surface area (Å²) in [6.07, 6.45) is 0.819. The van der Waals surface area contributed by atoms with Crippen LogP contribution in [0.25, 0.3) is 0 Å². The Kier molecular flexibility index (Phi) is 5.98. The zero-order valence-electron chi connectivity index (χ0n) is 22.7. The molecule has 6 nitrogen and oxygen atoms in total. The van der Waals surface area contributed by atoms with E-state index in [-0.39, 0.29) is 51.5 Å². The number of thioether (sulfide) groups is 1. The Morgan fingerprint density at radius 3 is 2.31 bits per heavy atom. The number of nitrogens with zero attached hydrogens (tertiary/aromatic N) is 1. The van der Waals surface area contributed by atoms with Crippen molar-refractivity contribution in [3.63, 3.8) is 0 Å². The number of halogens is 1. The van der Waals surface area contributed by atoms with Gasteiger partial charge in [0.1, 0.15) is 18.2 Å². The molecule has 2 aliphatic heterocycles. The van der Waals surface area contributed by atoms with Crippen molar-refractivity contribution in [1.82, 2.24) is 4.98 Å². The highest BCUT2D eigenvalue weighted by molar-refractivity contribution is 8.00. The largest absolute Gasteiger partial charge is 0.489 e.